The summed E-state index contributed by atoms with van der Waals surface area (Å²) in [6, 6.07) is 12.6. The molecule has 2 aromatic rings. The highest BCUT2D eigenvalue weighted by atomic mass is 35.5. The molecule has 144 valence electrons. The van der Waals surface area contributed by atoms with Gasteiger partial charge in [0.25, 0.3) is 0 Å². The molecule has 1 atom stereocenters. The Bertz CT molecular complexity index is 971. The van der Waals surface area contributed by atoms with E-state index in [1.54, 1.807) is 42.4 Å². The van der Waals surface area contributed by atoms with Gasteiger partial charge in [-0.05, 0) is 35.9 Å². The van der Waals surface area contributed by atoms with Gasteiger partial charge in [0, 0.05) is 24.1 Å². The molecule has 0 radical (unpaired) electrons. The number of Topliss-reactive ketones (excluding diaryl/α,β-unsaturated/α-hetero) is 1. The zero-order valence-corrected chi connectivity index (χ0v) is 16.2. The van der Waals surface area contributed by atoms with Crippen LogP contribution in [0.25, 0.3) is 6.08 Å². The molecule has 1 saturated heterocycles. The summed E-state index contributed by atoms with van der Waals surface area (Å²) in [4.78, 5) is 27.0. The van der Waals surface area contributed by atoms with Crippen LogP contribution in [-0.4, -0.2) is 42.4 Å². The summed E-state index contributed by atoms with van der Waals surface area (Å²) in [5, 5.41) is 0.595. The maximum Gasteiger partial charge on any atom is 0.246 e. The van der Waals surface area contributed by atoms with E-state index in [1.165, 1.54) is 6.08 Å². The van der Waals surface area contributed by atoms with Crippen LogP contribution in [0.15, 0.2) is 48.5 Å². The molecule has 1 unspecified atom stereocenters. The van der Waals surface area contributed by atoms with Gasteiger partial charge in [0.05, 0.1) is 25.6 Å². The zero-order valence-electron chi connectivity index (χ0n) is 15.5. The lowest BCUT2D eigenvalue weighted by Gasteiger charge is -2.34. The van der Waals surface area contributed by atoms with Gasteiger partial charge >= 0.3 is 0 Å². The fourth-order valence-electron chi connectivity index (χ4n) is 3.74. The molecular formula is C22H20ClNO4. The molecule has 28 heavy (non-hydrogen) atoms. The first kappa shape index (κ1) is 18.6. The van der Waals surface area contributed by atoms with Crippen molar-refractivity contribution in [3.05, 3.63) is 64.7 Å². The molecule has 2 aliphatic heterocycles. The normalized spacial score (nSPS) is 21.1. The molecule has 0 aromatic heterocycles. The maximum absolute atomic E-state index is 12.7. The van der Waals surface area contributed by atoms with Gasteiger partial charge in [-0.1, -0.05) is 29.8 Å². The second-order valence-electron chi connectivity index (χ2n) is 7.11. The Morgan fingerprint density at radius 3 is 2.89 bits per heavy atom. The predicted octanol–water partition coefficient (Wildman–Crippen LogP) is 4.00. The molecule has 0 aliphatic carbocycles. The summed E-state index contributed by atoms with van der Waals surface area (Å²) in [5.41, 5.74) is 0.666. The van der Waals surface area contributed by atoms with Crippen molar-refractivity contribution in [3.8, 4) is 11.5 Å². The van der Waals surface area contributed by atoms with Crippen molar-refractivity contribution in [2.75, 3.05) is 20.2 Å². The number of likely N-dealkylation sites (tertiary alicyclic amines) is 1. The highest BCUT2D eigenvalue weighted by Gasteiger charge is 2.46. The third-order valence-corrected chi connectivity index (χ3v) is 5.58. The summed E-state index contributed by atoms with van der Waals surface area (Å²) in [5.74, 6) is 1.08. The number of methoxy groups -OCH3 is 1. The van der Waals surface area contributed by atoms with Crippen LogP contribution in [-0.2, 0) is 4.79 Å². The minimum Gasteiger partial charge on any atom is -0.497 e. The van der Waals surface area contributed by atoms with Crippen LogP contribution in [0.2, 0.25) is 5.02 Å². The molecule has 1 amide bonds. The molecule has 1 fully saturated rings. The fourth-order valence-corrected chi connectivity index (χ4v) is 3.94. The molecule has 0 saturated carbocycles. The third-order valence-electron chi connectivity index (χ3n) is 5.24. The van der Waals surface area contributed by atoms with E-state index in [1.807, 2.05) is 18.2 Å². The molecule has 5 nitrogen and oxygen atoms in total. The molecule has 2 aliphatic rings. The van der Waals surface area contributed by atoms with Crippen LogP contribution < -0.4 is 9.47 Å². The molecule has 2 heterocycles. The highest BCUT2D eigenvalue weighted by Crippen LogP contribution is 2.40. The average Bonchev–Trinajstić information content (AvgIpc) is 3.10. The van der Waals surface area contributed by atoms with Gasteiger partial charge < -0.3 is 14.4 Å². The summed E-state index contributed by atoms with van der Waals surface area (Å²) >= 11 is 6.13. The van der Waals surface area contributed by atoms with E-state index < -0.39 is 5.60 Å². The summed E-state index contributed by atoms with van der Waals surface area (Å²) in [6.07, 6.45) is 4.11. The van der Waals surface area contributed by atoms with Gasteiger partial charge in [0.2, 0.25) is 5.91 Å². The Kier molecular flexibility index (Phi) is 4.85. The van der Waals surface area contributed by atoms with Crippen LogP contribution in [0, 0.1) is 0 Å². The van der Waals surface area contributed by atoms with Crippen molar-refractivity contribution in [2.45, 2.75) is 18.4 Å². The Morgan fingerprint density at radius 1 is 1.29 bits per heavy atom. The minimum absolute atomic E-state index is 0.0149. The number of benzene rings is 2. The number of fused-ring (bicyclic) bond motifs is 1. The van der Waals surface area contributed by atoms with E-state index in [0.29, 0.717) is 41.6 Å². The summed E-state index contributed by atoms with van der Waals surface area (Å²) < 4.78 is 11.4. The number of amides is 1. The Balaban J connectivity index is 1.48. The van der Waals surface area contributed by atoms with Gasteiger partial charge in [-0.2, -0.15) is 0 Å². The number of hydrogen-bond acceptors (Lipinski definition) is 4. The number of carbonyl (C=O) groups excluding carboxylic acids is 2. The van der Waals surface area contributed by atoms with Crippen molar-refractivity contribution in [2.24, 2.45) is 0 Å². The molecular weight excluding hydrogens is 378 g/mol. The van der Waals surface area contributed by atoms with Gasteiger partial charge in [-0.25, -0.2) is 0 Å². The number of rotatable bonds is 3. The number of ether oxygens (including phenoxy) is 2. The van der Waals surface area contributed by atoms with Crippen LogP contribution in [0.1, 0.15) is 28.8 Å². The first-order chi connectivity index (χ1) is 13.5. The van der Waals surface area contributed by atoms with Crippen LogP contribution in [0.5, 0.6) is 11.5 Å². The lowest BCUT2D eigenvalue weighted by atomic mass is 9.89. The molecule has 2 aromatic carbocycles. The van der Waals surface area contributed by atoms with Gasteiger partial charge in [-0.3, -0.25) is 9.59 Å². The highest BCUT2D eigenvalue weighted by molar-refractivity contribution is 6.32. The second kappa shape index (κ2) is 7.32. The maximum atomic E-state index is 12.7. The van der Waals surface area contributed by atoms with E-state index in [9.17, 15) is 9.59 Å². The lowest BCUT2D eigenvalue weighted by Crippen LogP contribution is -2.45. The molecule has 4 rings (SSSR count). The van der Waals surface area contributed by atoms with E-state index >= 15 is 0 Å². The van der Waals surface area contributed by atoms with Crippen molar-refractivity contribution < 1.29 is 19.1 Å². The second-order valence-corrected chi connectivity index (χ2v) is 7.52. The van der Waals surface area contributed by atoms with Gasteiger partial charge in [-0.15, -0.1) is 0 Å². The fraction of sp³-hybridized carbons (Fsp3) is 0.273. The zero-order chi connectivity index (χ0) is 19.7. The Hall–Kier alpha value is -2.79. The van der Waals surface area contributed by atoms with E-state index in [2.05, 4.69) is 0 Å². The standard InChI is InChI=1S/C22H20ClNO4/c1-27-16-7-8-20-17(12-16)19(25)13-22(28-20)10-11-24(14-22)21(26)9-6-15-4-2-3-5-18(15)23/h2-9,12H,10-11,13-14H2,1H3/b9-6+. The number of ketones is 1. The first-order valence-electron chi connectivity index (χ1n) is 9.11. The Labute approximate surface area is 168 Å². The van der Waals surface area contributed by atoms with Gasteiger partial charge in [0.15, 0.2) is 5.78 Å². The van der Waals surface area contributed by atoms with Crippen molar-refractivity contribution in [1.29, 1.82) is 0 Å². The van der Waals surface area contributed by atoms with E-state index in [-0.39, 0.29) is 18.1 Å². The molecule has 0 bridgehead atoms. The smallest absolute Gasteiger partial charge is 0.246 e. The number of carbonyl (C=O) groups is 2. The van der Waals surface area contributed by atoms with Crippen molar-refractivity contribution in [3.63, 3.8) is 0 Å². The lowest BCUT2D eigenvalue weighted by molar-refractivity contribution is -0.125. The predicted molar refractivity (Wildman–Crippen MR) is 107 cm³/mol. The quantitative estimate of drug-likeness (QED) is 0.734. The van der Waals surface area contributed by atoms with Crippen LogP contribution in [0.3, 0.4) is 0 Å². The van der Waals surface area contributed by atoms with Crippen LogP contribution in [0.4, 0.5) is 0 Å². The summed E-state index contributed by atoms with van der Waals surface area (Å²) in [6.45, 7) is 0.931. The Morgan fingerprint density at radius 2 is 2.11 bits per heavy atom. The van der Waals surface area contributed by atoms with Crippen molar-refractivity contribution in [1.82, 2.24) is 4.90 Å². The molecule has 1 spiro atoms. The number of nitrogens with zero attached hydrogens (tertiary/aromatic N) is 1. The van der Waals surface area contributed by atoms with E-state index in [0.717, 1.165) is 5.56 Å². The van der Waals surface area contributed by atoms with Crippen molar-refractivity contribution >= 4 is 29.4 Å². The monoisotopic (exact) mass is 397 g/mol. The van der Waals surface area contributed by atoms with E-state index in [4.69, 9.17) is 21.1 Å². The number of halogens is 1. The number of hydrogen-bond donors (Lipinski definition) is 0. The topological polar surface area (TPSA) is 55.8 Å². The largest absolute Gasteiger partial charge is 0.497 e. The molecule has 6 heteroatoms. The molecule has 0 N–H and O–H groups in total. The SMILES string of the molecule is COc1ccc2c(c1)C(=O)CC1(CCN(C(=O)/C=C/c3ccccc3Cl)C1)O2. The average molecular weight is 398 g/mol. The third kappa shape index (κ3) is 3.50. The van der Waals surface area contributed by atoms with Crippen LogP contribution >= 0.6 is 11.6 Å². The summed E-state index contributed by atoms with van der Waals surface area (Å²) in [7, 11) is 1.56. The minimum atomic E-state index is -0.660. The van der Waals surface area contributed by atoms with Gasteiger partial charge in [0.1, 0.15) is 17.1 Å². The first-order valence-corrected chi connectivity index (χ1v) is 9.49.